The third kappa shape index (κ3) is 3.60. The van der Waals surface area contributed by atoms with Gasteiger partial charge in [-0.15, -0.1) is 0 Å². The Morgan fingerprint density at radius 3 is 2.48 bits per heavy atom. The van der Waals surface area contributed by atoms with Gasteiger partial charge in [-0.1, -0.05) is 0 Å². The molecule has 0 saturated carbocycles. The van der Waals surface area contributed by atoms with Gasteiger partial charge in [0.15, 0.2) is 6.10 Å². The number of amides is 2. The molecule has 2 aliphatic rings. The molecule has 1 N–H and O–H groups in total. The average molecular weight is 354 g/mol. The molecule has 2 fully saturated rings. The molecule has 1 aromatic carbocycles. The molecule has 0 aromatic heterocycles. The zero-order chi connectivity index (χ0) is 18.1. The molecule has 9 heteroatoms. The summed E-state index contributed by atoms with van der Waals surface area (Å²) in [6.45, 7) is 0.243. The first-order valence-electron chi connectivity index (χ1n) is 7.75. The molecule has 2 aliphatic heterocycles. The number of aliphatic carboxylic acids is 1. The summed E-state index contributed by atoms with van der Waals surface area (Å²) in [4.78, 5) is 38.3. The molecule has 2 amide bonds. The molecule has 3 rings (SSSR count). The fraction of sp³-hybridized carbons (Fsp3) is 0.438. The second-order valence-corrected chi connectivity index (χ2v) is 6.01. The van der Waals surface area contributed by atoms with E-state index in [1.165, 1.54) is 9.80 Å². The predicted octanol–water partition coefficient (Wildman–Crippen LogP) is 0.630. The maximum atomic E-state index is 13.4. The maximum absolute atomic E-state index is 13.4. The van der Waals surface area contributed by atoms with Crippen LogP contribution in [-0.2, 0) is 19.1 Å². The van der Waals surface area contributed by atoms with E-state index in [1.807, 2.05) is 0 Å². The van der Waals surface area contributed by atoms with Crippen LogP contribution in [0.2, 0.25) is 0 Å². The Bertz CT molecular complexity index is 706. The first kappa shape index (κ1) is 17.3. The Morgan fingerprint density at radius 2 is 1.84 bits per heavy atom. The van der Waals surface area contributed by atoms with Gasteiger partial charge in [-0.05, 0) is 12.1 Å². The minimum atomic E-state index is -1.16. The van der Waals surface area contributed by atoms with Crippen LogP contribution in [0.5, 0.6) is 0 Å². The number of morpholine rings is 1. The summed E-state index contributed by atoms with van der Waals surface area (Å²) < 4.78 is 31.8. The fourth-order valence-corrected chi connectivity index (χ4v) is 3.07. The maximum Gasteiger partial charge on any atom is 0.334 e. The van der Waals surface area contributed by atoms with E-state index in [2.05, 4.69) is 0 Å². The number of anilines is 1. The van der Waals surface area contributed by atoms with Gasteiger partial charge in [0.2, 0.25) is 11.8 Å². The van der Waals surface area contributed by atoms with E-state index in [0.717, 1.165) is 12.1 Å². The number of hydrogen-bond acceptors (Lipinski definition) is 4. The smallest absolute Gasteiger partial charge is 0.334 e. The highest BCUT2D eigenvalue weighted by molar-refractivity contribution is 6.00. The molecule has 1 aromatic rings. The summed E-state index contributed by atoms with van der Waals surface area (Å²) in [7, 11) is 0. The van der Waals surface area contributed by atoms with Gasteiger partial charge in [-0.25, -0.2) is 13.6 Å². The number of carbonyl (C=O) groups excluding carboxylic acids is 2. The van der Waals surface area contributed by atoms with Gasteiger partial charge in [-0.3, -0.25) is 9.59 Å². The lowest BCUT2D eigenvalue weighted by molar-refractivity contribution is -0.160. The fourth-order valence-electron chi connectivity index (χ4n) is 3.07. The van der Waals surface area contributed by atoms with Crippen LogP contribution in [0.4, 0.5) is 14.5 Å². The lowest BCUT2D eigenvalue weighted by Crippen LogP contribution is -2.50. The van der Waals surface area contributed by atoms with Crippen molar-refractivity contribution < 1.29 is 33.0 Å². The van der Waals surface area contributed by atoms with Gasteiger partial charge in [-0.2, -0.15) is 0 Å². The number of carboxylic acid groups (broad SMARTS) is 1. The third-order valence-corrected chi connectivity index (χ3v) is 4.29. The molecular weight excluding hydrogens is 338 g/mol. The highest BCUT2D eigenvalue weighted by atomic mass is 19.1. The minimum absolute atomic E-state index is 0.00431. The molecule has 0 bridgehead atoms. The van der Waals surface area contributed by atoms with Gasteiger partial charge in [0.05, 0.1) is 19.1 Å². The number of benzene rings is 1. The standard InChI is InChI=1S/C16H16F2N2O5/c17-10-4-11(18)6-12(5-10)20-7-9(3-14(20)21)15(22)19-1-2-25-13(8-19)16(23)24/h4-6,9,13H,1-3,7-8H2,(H,23,24)/t9-,13+/m0/s1. The molecule has 0 unspecified atom stereocenters. The van der Waals surface area contributed by atoms with E-state index in [9.17, 15) is 23.2 Å². The number of nitrogens with zero attached hydrogens (tertiary/aromatic N) is 2. The summed E-state index contributed by atoms with van der Waals surface area (Å²) in [5, 5.41) is 8.99. The quantitative estimate of drug-likeness (QED) is 0.860. The number of halogens is 2. The topological polar surface area (TPSA) is 87.2 Å². The predicted molar refractivity (Wildman–Crippen MR) is 80.8 cm³/mol. The largest absolute Gasteiger partial charge is 0.479 e. The number of carbonyl (C=O) groups is 3. The Hall–Kier alpha value is -2.55. The van der Waals surface area contributed by atoms with Crippen molar-refractivity contribution in [3.63, 3.8) is 0 Å². The molecule has 7 nitrogen and oxygen atoms in total. The van der Waals surface area contributed by atoms with Crippen LogP contribution >= 0.6 is 0 Å². The lowest BCUT2D eigenvalue weighted by Gasteiger charge is -2.32. The van der Waals surface area contributed by atoms with Gasteiger partial charge >= 0.3 is 5.97 Å². The summed E-state index contributed by atoms with van der Waals surface area (Å²) >= 11 is 0. The van der Waals surface area contributed by atoms with Gasteiger partial charge in [0.25, 0.3) is 0 Å². The van der Waals surface area contributed by atoms with Crippen molar-refractivity contribution in [2.24, 2.45) is 5.92 Å². The Morgan fingerprint density at radius 1 is 1.16 bits per heavy atom. The van der Waals surface area contributed by atoms with Crippen LogP contribution in [0, 0.1) is 17.6 Å². The Kier molecular flexibility index (Phi) is 4.67. The molecule has 2 heterocycles. The second kappa shape index (κ2) is 6.75. The van der Waals surface area contributed by atoms with Crippen molar-refractivity contribution in [2.45, 2.75) is 12.5 Å². The zero-order valence-electron chi connectivity index (χ0n) is 13.2. The van der Waals surface area contributed by atoms with Crippen LogP contribution in [0.3, 0.4) is 0 Å². The second-order valence-electron chi connectivity index (χ2n) is 6.01. The molecule has 134 valence electrons. The third-order valence-electron chi connectivity index (χ3n) is 4.29. The monoisotopic (exact) mass is 354 g/mol. The summed E-state index contributed by atoms with van der Waals surface area (Å²) in [5.74, 6) is -4.23. The average Bonchev–Trinajstić information content (AvgIpc) is 2.95. The van der Waals surface area contributed by atoms with Crippen LogP contribution < -0.4 is 4.90 Å². The molecule has 0 spiro atoms. The van der Waals surface area contributed by atoms with E-state index in [-0.39, 0.29) is 44.3 Å². The van der Waals surface area contributed by atoms with Crippen molar-refractivity contribution in [3.05, 3.63) is 29.8 Å². The number of hydrogen-bond donors (Lipinski definition) is 1. The van der Waals surface area contributed by atoms with Gasteiger partial charge in [0, 0.05) is 31.3 Å². The van der Waals surface area contributed by atoms with Crippen molar-refractivity contribution in [2.75, 3.05) is 31.1 Å². The molecule has 2 saturated heterocycles. The SMILES string of the molecule is O=C(O)[C@H]1CN(C(=O)[C@H]2CC(=O)N(c3cc(F)cc(F)c3)C2)CCO1. The van der Waals surface area contributed by atoms with Gasteiger partial charge < -0.3 is 19.6 Å². The molecule has 0 aliphatic carbocycles. The Labute approximate surface area is 141 Å². The summed E-state index contributed by atoms with van der Waals surface area (Å²) in [5.41, 5.74) is 0.0585. The van der Waals surface area contributed by atoms with Crippen molar-refractivity contribution in [1.29, 1.82) is 0 Å². The van der Waals surface area contributed by atoms with E-state index in [0.29, 0.717) is 6.07 Å². The number of rotatable bonds is 3. The summed E-state index contributed by atoms with van der Waals surface area (Å²) in [6, 6.07) is 2.76. The van der Waals surface area contributed by atoms with E-state index >= 15 is 0 Å². The Balaban J connectivity index is 1.71. The minimum Gasteiger partial charge on any atom is -0.479 e. The molecule has 0 radical (unpaired) electrons. The van der Waals surface area contributed by atoms with E-state index in [1.54, 1.807) is 0 Å². The summed E-state index contributed by atoms with van der Waals surface area (Å²) in [6.07, 6.45) is -1.19. The van der Waals surface area contributed by atoms with Crippen molar-refractivity contribution in [1.82, 2.24) is 4.90 Å². The van der Waals surface area contributed by atoms with Crippen LogP contribution in [0.1, 0.15) is 6.42 Å². The number of carboxylic acids is 1. The highest BCUT2D eigenvalue weighted by Crippen LogP contribution is 2.28. The van der Waals surface area contributed by atoms with Crippen LogP contribution in [0.25, 0.3) is 0 Å². The first-order chi connectivity index (χ1) is 11.8. The van der Waals surface area contributed by atoms with Crippen LogP contribution in [-0.4, -0.2) is 60.1 Å². The normalized spacial score (nSPS) is 23.8. The van der Waals surface area contributed by atoms with Crippen molar-refractivity contribution >= 4 is 23.5 Å². The van der Waals surface area contributed by atoms with Gasteiger partial charge in [0.1, 0.15) is 11.6 Å². The lowest BCUT2D eigenvalue weighted by atomic mass is 10.1. The first-order valence-corrected chi connectivity index (χ1v) is 7.75. The van der Waals surface area contributed by atoms with E-state index in [4.69, 9.17) is 9.84 Å². The zero-order valence-corrected chi connectivity index (χ0v) is 13.2. The van der Waals surface area contributed by atoms with Crippen molar-refractivity contribution in [3.8, 4) is 0 Å². The molecular formula is C16H16F2N2O5. The molecule has 2 atom stereocenters. The highest BCUT2D eigenvalue weighted by Gasteiger charge is 2.39. The van der Waals surface area contributed by atoms with E-state index < -0.39 is 35.5 Å². The molecule has 25 heavy (non-hydrogen) atoms. The van der Waals surface area contributed by atoms with Crippen LogP contribution in [0.15, 0.2) is 18.2 Å². The number of ether oxygens (including phenoxy) is 1.